The number of hydrogen-bond donors (Lipinski definition) is 1. The average molecular weight is 376 g/mol. The number of hydrogen-bond acceptors (Lipinski definition) is 4. The fraction of sp³-hybridized carbons (Fsp3) is 0.588. The molecular formula is C17H27Cl2N3O2. The minimum absolute atomic E-state index is 0. The summed E-state index contributed by atoms with van der Waals surface area (Å²) in [5, 5.41) is 3.28. The Bertz CT molecular complexity index is 507. The smallest absolute Gasteiger partial charge is 0.253 e. The van der Waals surface area contributed by atoms with E-state index in [-0.39, 0.29) is 30.7 Å². The van der Waals surface area contributed by atoms with Crippen molar-refractivity contribution >= 4 is 36.4 Å². The van der Waals surface area contributed by atoms with Gasteiger partial charge >= 0.3 is 0 Å². The number of morpholine rings is 1. The second kappa shape index (κ2) is 10.1. The summed E-state index contributed by atoms with van der Waals surface area (Å²) in [6.07, 6.45) is 2.22. The van der Waals surface area contributed by atoms with Crippen LogP contribution in [0.5, 0.6) is 0 Å². The molecule has 2 heterocycles. The van der Waals surface area contributed by atoms with Crippen molar-refractivity contribution in [2.24, 2.45) is 0 Å². The first-order chi connectivity index (χ1) is 10.8. The van der Waals surface area contributed by atoms with Crippen molar-refractivity contribution in [3.63, 3.8) is 0 Å². The van der Waals surface area contributed by atoms with Gasteiger partial charge in [-0.3, -0.25) is 4.79 Å². The SMILES string of the molecule is CNC1CCCN(C(=O)c2ccc(N3CCOCC3)cc2)C1.Cl.Cl. The predicted molar refractivity (Wildman–Crippen MR) is 102 cm³/mol. The van der Waals surface area contributed by atoms with Gasteiger partial charge in [0.1, 0.15) is 0 Å². The van der Waals surface area contributed by atoms with Crippen molar-refractivity contribution in [2.75, 3.05) is 51.3 Å². The monoisotopic (exact) mass is 375 g/mol. The van der Waals surface area contributed by atoms with Crippen LogP contribution in [0.3, 0.4) is 0 Å². The van der Waals surface area contributed by atoms with Crippen LogP contribution in [0.1, 0.15) is 23.2 Å². The van der Waals surface area contributed by atoms with E-state index in [1.165, 1.54) is 5.69 Å². The Hall–Kier alpha value is -1.01. The molecule has 1 aromatic rings. The Labute approximate surface area is 156 Å². The van der Waals surface area contributed by atoms with Crippen LogP contribution in [0.15, 0.2) is 24.3 Å². The summed E-state index contributed by atoms with van der Waals surface area (Å²) >= 11 is 0. The summed E-state index contributed by atoms with van der Waals surface area (Å²) in [4.78, 5) is 16.9. The third-order valence-corrected chi connectivity index (χ3v) is 4.61. The molecule has 1 amide bonds. The first-order valence-electron chi connectivity index (χ1n) is 8.17. The number of amides is 1. The molecule has 7 heteroatoms. The molecule has 1 atom stereocenters. The van der Waals surface area contributed by atoms with E-state index >= 15 is 0 Å². The van der Waals surface area contributed by atoms with Crippen LogP contribution in [0.2, 0.25) is 0 Å². The number of anilines is 1. The van der Waals surface area contributed by atoms with Crippen LogP contribution < -0.4 is 10.2 Å². The summed E-state index contributed by atoms with van der Waals surface area (Å²) < 4.78 is 5.37. The van der Waals surface area contributed by atoms with Gasteiger partial charge in [-0.05, 0) is 44.2 Å². The third kappa shape index (κ3) is 4.99. The van der Waals surface area contributed by atoms with Crippen LogP contribution in [-0.2, 0) is 4.74 Å². The molecular weight excluding hydrogens is 349 g/mol. The maximum absolute atomic E-state index is 12.6. The van der Waals surface area contributed by atoms with E-state index in [2.05, 4.69) is 22.3 Å². The predicted octanol–water partition coefficient (Wildman–Crippen LogP) is 2.19. The number of nitrogens with zero attached hydrogens (tertiary/aromatic N) is 2. The maximum Gasteiger partial charge on any atom is 0.253 e. The van der Waals surface area contributed by atoms with Gasteiger partial charge in [-0.1, -0.05) is 0 Å². The highest BCUT2D eigenvalue weighted by molar-refractivity contribution is 5.94. The lowest BCUT2D eigenvalue weighted by atomic mass is 10.0. The van der Waals surface area contributed by atoms with Gasteiger partial charge in [0.05, 0.1) is 13.2 Å². The molecule has 2 saturated heterocycles. The Morgan fingerprint density at radius 3 is 2.42 bits per heavy atom. The lowest BCUT2D eigenvalue weighted by Crippen LogP contribution is -2.46. The molecule has 2 fully saturated rings. The van der Waals surface area contributed by atoms with Crippen molar-refractivity contribution in [1.82, 2.24) is 10.2 Å². The van der Waals surface area contributed by atoms with E-state index in [9.17, 15) is 4.79 Å². The Balaban J connectivity index is 0.00000144. The summed E-state index contributed by atoms with van der Waals surface area (Å²) in [7, 11) is 1.97. The highest BCUT2D eigenvalue weighted by Gasteiger charge is 2.23. The van der Waals surface area contributed by atoms with Gasteiger partial charge in [0.2, 0.25) is 0 Å². The van der Waals surface area contributed by atoms with Crippen LogP contribution in [0.25, 0.3) is 0 Å². The fourth-order valence-electron chi connectivity index (χ4n) is 3.22. The Morgan fingerprint density at radius 2 is 1.79 bits per heavy atom. The number of rotatable bonds is 3. The third-order valence-electron chi connectivity index (χ3n) is 4.61. The Morgan fingerprint density at radius 1 is 1.12 bits per heavy atom. The van der Waals surface area contributed by atoms with Crippen LogP contribution >= 0.6 is 24.8 Å². The largest absolute Gasteiger partial charge is 0.378 e. The van der Waals surface area contributed by atoms with E-state index in [4.69, 9.17) is 4.74 Å². The first kappa shape index (κ1) is 21.0. The molecule has 0 aromatic heterocycles. The zero-order valence-electron chi connectivity index (χ0n) is 14.1. The summed E-state index contributed by atoms with van der Waals surface area (Å²) in [5.74, 6) is 0.147. The summed E-state index contributed by atoms with van der Waals surface area (Å²) in [6, 6.07) is 8.44. The molecule has 2 aliphatic heterocycles. The van der Waals surface area contributed by atoms with E-state index in [1.54, 1.807) is 0 Å². The van der Waals surface area contributed by atoms with Crippen molar-refractivity contribution < 1.29 is 9.53 Å². The van der Waals surface area contributed by atoms with Gasteiger partial charge < -0.3 is 19.9 Å². The number of benzene rings is 1. The average Bonchev–Trinajstić information content (AvgIpc) is 2.62. The minimum atomic E-state index is 0. The van der Waals surface area contributed by atoms with E-state index in [1.807, 2.05) is 24.1 Å². The molecule has 0 aliphatic carbocycles. The minimum Gasteiger partial charge on any atom is -0.378 e. The summed E-state index contributed by atoms with van der Waals surface area (Å²) in [5.41, 5.74) is 1.96. The second-order valence-corrected chi connectivity index (χ2v) is 6.03. The number of piperidine rings is 1. The lowest BCUT2D eigenvalue weighted by molar-refractivity contribution is 0.0698. The quantitative estimate of drug-likeness (QED) is 0.879. The molecule has 0 bridgehead atoms. The molecule has 0 radical (unpaired) electrons. The Kier molecular flexibility index (Phi) is 8.84. The second-order valence-electron chi connectivity index (χ2n) is 6.03. The maximum atomic E-state index is 12.6. The van der Waals surface area contributed by atoms with Gasteiger partial charge in [0, 0.05) is 43.5 Å². The summed E-state index contributed by atoms with van der Waals surface area (Å²) in [6.45, 7) is 5.06. The molecule has 1 aromatic carbocycles. The molecule has 1 unspecified atom stereocenters. The van der Waals surface area contributed by atoms with E-state index in [0.717, 1.165) is 57.8 Å². The van der Waals surface area contributed by atoms with Crippen LogP contribution in [0, 0.1) is 0 Å². The number of ether oxygens (including phenoxy) is 1. The van der Waals surface area contributed by atoms with Crippen molar-refractivity contribution in [2.45, 2.75) is 18.9 Å². The fourth-order valence-corrected chi connectivity index (χ4v) is 3.22. The molecule has 136 valence electrons. The van der Waals surface area contributed by atoms with Gasteiger partial charge in [0.15, 0.2) is 0 Å². The zero-order chi connectivity index (χ0) is 15.4. The number of carbonyl (C=O) groups excluding carboxylic acids is 1. The van der Waals surface area contributed by atoms with Gasteiger partial charge in [-0.25, -0.2) is 0 Å². The van der Waals surface area contributed by atoms with Gasteiger partial charge in [0.25, 0.3) is 5.91 Å². The molecule has 5 nitrogen and oxygen atoms in total. The number of nitrogens with one attached hydrogen (secondary N) is 1. The molecule has 24 heavy (non-hydrogen) atoms. The zero-order valence-corrected chi connectivity index (χ0v) is 15.7. The molecule has 1 N–H and O–H groups in total. The van der Waals surface area contributed by atoms with Gasteiger partial charge in [-0.15, -0.1) is 24.8 Å². The normalized spacial score (nSPS) is 20.8. The van der Waals surface area contributed by atoms with E-state index < -0.39 is 0 Å². The highest BCUT2D eigenvalue weighted by Crippen LogP contribution is 2.19. The number of carbonyl (C=O) groups is 1. The number of likely N-dealkylation sites (N-methyl/N-ethyl adjacent to an activating group) is 1. The van der Waals surface area contributed by atoms with Crippen molar-refractivity contribution in [3.05, 3.63) is 29.8 Å². The first-order valence-corrected chi connectivity index (χ1v) is 8.17. The number of likely N-dealkylation sites (tertiary alicyclic amines) is 1. The molecule has 0 spiro atoms. The standard InChI is InChI=1S/C17H25N3O2.2ClH/c1-18-15-3-2-8-20(13-15)17(21)14-4-6-16(7-5-14)19-9-11-22-12-10-19;;/h4-7,15,18H,2-3,8-13H2,1H3;2*1H. The number of halogens is 2. The highest BCUT2D eigenvalue weighted by atomic mass is 35.5. The lowest BCUT2D eigenvalue weighted by Gasteiger charge is -2.33. The van der Waals surface area contributed by atoms with E-state index in [0.29, 0.717) is 6.04 Å². The molecule has 3 rings (SSSR count). The van der Waals surface area contributed by atoms with Gasteiger partial charge in [-0.2, -0.15) is 0 Å². The molecule has 2 aliphatic rings. The van der Waals surface area contributed by atoms with Crippen LogP contribution in [0.4, 0.5) is 5.69 Å². The van der Waals surface area contributed by atoms with Crippen molar-refractivity contribution in [3.8, 4) is 0 Å². The molecule has 0 saturated carbocycles. The van der Waals surface area contributed by atoms with Crippen LogP contribution in [-0.4, -0.2) is 63.3 Å². The topological polar surface area (TPSA) is 44.8 Å². The van der Waals surface area contributed by atoms with Crippen molar-refractivity contribution in [1.29, 1.82) is 0 Å².